The van der Waals surface area contributed by atoms with Crippen LogP contribution in [0.1, 0.15) is 42.2 Å². The number of hydrogen-bond acceptors (Lipinski definition) is 5. The number of benzene rings is 2. The Labute approximate surface area is 203 Å². The Bertz CT molecular complexity index is 1240. The van der Waals surface area contributed by atoms with E-state index in [4.69, 9.17) is 4.74 Å². The molecule has 8 heteroatoms. The first kappa shape index (κ1) is 24.0. The van der Waals surface area contributed by atoms with Crippen molar-refractivity contribution in [3.05, 3.63) is 59.7 Å². The van der Waals surface area contributed by atoms with Gasteiger partial charge in [-0.25, -0.2) is 0 Å². The average molecular weight is 480 g/mol. The fourth-order valence-corrected chi connectivity index (χ4v) is 5.42. The second-order valence-electron chi connectivity index (χ2n) is 8.20. The maximum absolute atomic E-state index is 13.7. The van der Waals surface area contributed by atoms with Gasteiger partial charge in [-0.05, 0) is 38.5 Å². The van der Waals surface area contributed by atoms with Crippen molar-refractivity contribution >= 4 is 45.9 Å². The molecule has 1 N–H and O–H groups in total. The van der Waals surface area contributed by atoms with Crippen LogP contribution in [-0.2, 0) is 21.4 Å². The van der Waals surface area contributed by atoms with Gasteiger partial charge >= 0.3 is 0 Å². The number of hydrogen-bond donors (Lipinski definition) is 1. The van der Waals surface area contributed by atoms with Crippen LogP contribution >= 0.6 is 11.8 Å². The van der Waals surface area contributed by atoms with E-state index in [9.17, 15) is 14.4 Å². The molecule has 3 aromatic rings. The molecule has 1 atom stereocenters. The molecule has 1 aromatic heterocycles. The lowest BCUT2D eigenvalue weighted by Crippen LogP contribution is -2.44. The third-order valence-corrected chi connectivity index (χ3v) is 7.13. The number of nitrogens with zero attached hydrogens (tertiary/aromatic N) is 2. The summed E-state index contributed by atoms with van der Waals surface area (Å²) >= 11 is 1.44. The molecule has 0 spiro atoms. The zero-order chi connectivity index (χ0) is 24.2. The second-order valence-corrected chi connectivity index (χ2v) is 9.16. The number of Topliss-reactive ketones (excluding diaryl/α,β-unsaturated/α-hetero) is 1. The van der Waals surface area contributed by atoms with E-state index < -0.39 is 6.04 Å². The van der Waals surface area contributed by atoms with Gasteiger partial charge < -0.3 is 14.6 Å². The molecule has 0 saturated carbocycles. The SMILES string of the molecule is CCOCCCNC(=O)C1c2c(n(C)c3ccccc23)SCC(=O)N1c1cccc(C(C)=O)c1. The second kappa shape index (κ2) is 10.4. The minimum absolute atomic E-state index is 0.0960. The van der Waals surface area contributed by atoms with Crippen LogP contribution in [-0.4, -0.2) is 47.7 Å². The minimum Gasteiger partial charge on any atom is -0.382 e. The van der Waals surface area contributed by atoms with Gasteiger partial charge in [-0.2, -0.15) is 0 Å². The van der Waals surface area contributed by atoms with Gasteiger partial charge in [0.2, 0.25) is 11.8 Å². The summed E-state index contributed by atoms with van der Waals surface area (Å²) in [5.74, 6) is -0.338. The van der Waals surface area contributed by atoms with Crippen LogP contribution in [0.15, 0.2) is 53.6 Å². The normalized spacial score (nSPS) is 15.8. The van der Waals surface area contributed by atoms with Gasteiger partial charge in [-0.15, -0.1) is 0 Å². The topological polar surface area (TPSA) is 80.6 Å². The van der Waals surface area contributed by atoms with E-state index in [1.54, 1.807) is 29.2 Å². The fourth-order valence-electron chi connectivity index (χ4n) is 4.35. The summed E-state index contributed by atoms with van der Waals surface area (Å²) in [6, 6.07) is 14.0. The van der Waals surface area contributed by atoms with Gasteiger partial charge in [0.1, 0.15) is 6.04 Å². The molecular formula is C26H29N3O4S. The molecule has 2 aromatic carbocycles. The Hall–Kier alpha value is -3.10. The summed E-state index contributed by atoms with van der Waals surface area (Å²) in [4.78, 5) is 40.8. The van der Waals surface area contributed by atoms with Crippen molar-refractivity contribution in [3.8, 4) is 0 Å². The molecule has 34 heavy (non-hydrogen) atoms. The summed E-state index contributed by atoms with van der Waals surface area (Å²) in [5.41, 5.74) is 2.84. The zero-order valence-electron chi connectivity index (χ0n) is 19.7. The first-order valence-corrected chi connectivity index (χ1v) is 12.4. The van der Waals surface area contributed by atoms with Crippen molar-refractivity contribution in [1.29, 1.82) is 0 Å². The maximum Gasteiger partial charge on any atom is 0.247 e. The number of ketones is 1. The Morgan fingerprint density at radius 2 is 1.97 bits per heavy atom. The number of carbonyl (C=O) groups excluding carboxylic acids is 3. The summed E-state index contributed by atoms with van der Waals surface area (Å²) in [6.07, 6.45) is 0.678. The van der Waals surface area contributed by atoms with E-state index in [2.05, 4.69) is 5.32 Å². The summed E-state index contributed by atoms with van der Waals surface area (Å²) < 4.78 is 7.44. The van der Waals surface area contributed by atoms with Crippen LogP contribution < -0.4 is 10.2 Å². The van der Waals surface area contributed by atoms with Gasteiger partial charge in [0.25, 0.3) is 0 Å². The van der Waals surface area contributed by atoms with E-state index in [0.29, 0.717) is 37.4 Å². The van der Waals surface area contributed by atoms with Gasteiger partial charge in [-0.3, -0.25) is 19.3 Å². The largest absolute Gasteiger partial charge is 0.382 e. The van der Waals surface area contributed by atoms with Crippen molar-refractivity contribution < 1.29 is 19.1 Å². The number of amides is 2. The molecule has 1 unspecified atom stereocenters. The Balaban J connectivity index is 1.83. The van der Waals surface area contributed by atoms with Crippen LogP contribution in [0.3, 0.4) is 0 Å². The molecule has 7 nitrogen and oxygen atoms in total. The first-order valence-electron chi connectivity index (χ1n) is 11.4. The van der Waals surface area contributed by atoms with Crippen molar-refractivity contribution in [2.75, 3.05) is 30.4 Å². The number of rotatable bonds is 8. The number of fused-ring (bicyclic) bond motifs is 3. The summed E-state index contributed by atoms with van der Waals surface area (Å²) in [7, 11) is 1.96. The van der Waals surface area contributed by atoms with Crippen molar-refractivity contribution in [2.45, 2.75) is 31.3 Å². The quantitative estimate of drug-likeness (QED) is 0.389. The number of anilines is 1. The van der Waals surface area contributed by atoms with Crippen molar-refractivity contribution in [2.24, 2.45) is 7.05 Å². The summed E-state index contributed by atoms with van der Waals surface area (Å²) in [6.45, 7) is 5.05. The van der Waals surface area contributed by atoms with E-state index in [-0.39, 0.29) is 23.4 Å². The fraction of sp³-hybridized carbons (Fsp3) is 0.346. The van der Waals surface area contributed by atoms with Crippen LogP contribution in [0.25, 0.3) is 10.9 Å². The standard InChI is InChI=1S/C26H29N3O4S/c1-4-33-14-8-13-27-25(32)24-23-20-11-5-6-12-21(20)28(3)26(23)34-16-22(31)29(24)19-10-7-9-18(15-19)17(2)30/h5-7,9-12,15,24H,4,8,13-14,16H2,1-3H3,(H,27,32). The molecule has 1 aliphatic heterocycles. The highest BCUT2D eigenvalue weighted by Gasteiger charge is 2.39. The molecule has 2 amide bonds. The van der Waals surface area contributed by atoms with Crippen LogP contribution in [0.2, 0.25) is 0 Å². The molecular weight excluding hydrogens is 450 g/mol. The highest BCUT2D eigenvalue weighted by Crippen LogP contribution is 2.43. The molecule has 178 valence electrons. The highest BCUT2D eigenvalue weighted by molar-refractivity contribution is 8.00. The number of aromatic nitrogens is 1. The zero-order valence-corrected chi connectivity index (χ0v) is 20.5. The van der Waals surface area contributed by atoms with Crippen molar-refractivity contribution in [3.63, 3.8) is 0 Å². The van der Waals surface area contributed by atoms with Gasteiger partial charge in [0, 0.05) is 54.5 Å². The van der Waals surface area contributed by atoms with Gasteiger partial charge in [-0.1, -0.05) is 42.1 Å². The van der Waals surface area contributed by atoms with Gasteiger partial charge in [0.15, 0.2) is 5.78 Å². The Morgan fingerprint density at radius 1 is 1.18 bits per heavy atom. The van der Waals surface area contributed by atoms with Crippen LogP contribution in [0.4, 0.5) is 5.69 Å². The summed E-state index contributed by atoms with van der Waals surface area (Å²) in [5, 5.41) is 4.85. The Kier molecular flexibility index (Phi) is 7.38. The monoisotopic (exact) mass is 479 g/mol. The number of aryl methyl sites for hydroxylation is 1. The van der Waals surface area contributed by atoms with Crippen molar-refractivity contribution in [1.82, 2.24) is 9.88 Å². The molecule has 1 aliphatic rings. The molecule has 2 heterocycles. The number of ether oxygens (including phenoxy) is 1. The molecule has 0 fully saturated rings. The highest BCUT2D eigenvalue weighted by atomic mass is 32.2. The molecule has 0 radical (unpaired) electrons. The third-order valence-electron chi connectivity index (χ3n) is 5.97. The van der Waals surface area contributed by atoms with Gasteiger partial charge in [0.05, 0.1) is 10.8 Å². The minimum atomic E-state index is -0.863. The molecule has 0 aliphatic carbocycles. The lowest BCUT2D eigenvalue weighted by atomic mass is 10.0. The Morgan fingerprint density at radius 3 is 2.74 bits per heavy atom. The number of carbonyl (C=O) groups is 3. The lowest BCUT2D eigenvalue weighted by Gasteiger charge is -2.30. The molecule has 0 bridgehead atoms. The van der Waals surface area contributed by atoms with E-state index >= 15 is 0 Å². The van der Waals surface area contributed by atoms with E-state index in [1.165, 1.54) is 18.7 Å². The number of thioether (sulfide) groups is 1. The maximum atomic E-state index is 13.7. The number of para-hydroxylation sites is 1. The van der Waals surface area contributed by atoms with Crippen LogP contribution in [0.5, 0.6) is 0 Å². The van der Waals surface area contributed by atoms with E-state index in [0.717, 1.165) is 21.5 Å². The van der Waals surface area contributed by atoms with Crippen LogP contribution in [0, 0.1) is 0 Å². The predicted octanol–water partition coefficient (Wildman–Crippen LogP) is 4.10. The molecule has 4 rings (SSSR count). The van der Waals surface area contributed by atoms with E-state index in [1.807, 2.05) is 42.8 Å². The first-order chi connectivity index (χ1) is 16.4. The average Bonchev–Trinajstić information content (AvgIpc) is 3.01. The molecule has 0 saturated heterocycles. The predicted molar refractivity (Wildman–Crippen MR) is 134 cm³/mol. The lowest BCUT2D eigenvalue weighted by molar-refractivity contribution is -0.125. The smallest absolute Gasteiger partial charge is 0.247 e. The number of nitrogens with one attached hydrogen (secondary N) is 1. The third kappa shape index (κ3) is 4.60.